The first-order valence-corrected chi connectivity index (χ1v) is 5.33. The maximum Gasteiger partial charge on any atom is 0.418 e. The van der Waals surface area contributed by atoms with Crippen molar-refractivity contribution in [1.29, 1.82) is 0 Å². The number of rotatable bonds is 2. The van der Waals surface area contributed by atoms with E-state index in [0.29, 0.717) is 0 Å². The molecule has 0 atom stereocenters. The maximum absolute atomic E-state index is 12.8. The van der Waals surface area contributed by atoms with Crippen LogP contribution in [-0.4, -0.2) is 20.9 Å². The second-order valence-electron chi connectivity index (χ2n) is 3.58. The fourth-order valence-electron chi connectivity index (χ4n) is 1.54. The van der Waals surface area contributed by atoms with E-state index in [4.69, 9.17) is 16.7 Å². The summed E-state index contributed by atoms with van der Waals surface area (Å²) in [6.45, 7) is 0. The molecule has 1 aromatic heterocycles. The number of benzene rings is 1. The van der Waals surface area contributed by atoms with Gasteiger partial charge in [0.2, 0.25) is 0 Å². The standard InChI is InChI=1S/C11H6ClF3N2O2/c12-9-6(10(18)19)5-16-17(9)8-4-2-1-3-7(8)11(13,14)15/h1-5H,(H,18,19). The monoisotopic (exact) mass is 290 g/mol. The van der Waals surface area contributed by atoms with Gasteiger partial charge in [0, 0.05) is 0 Å². The number of carboxylic acids is 1. The van der Waals surface area contributed by atoms with E-state index in [0.717, 1.165) is 23.0 Å². The van der Waals surface area contributed by atoms with Gasteiger partial charge >= 0.3 is 12.1 Å². The molecule has 0 radical (unpaired) electrons. The molecule has 0 aliphatic rings. The van der Waals surface area contributed by atoms with E-state index in [1.54, 1.807) is 0 Å². The smallest absolute Gasteiger partial charge is 0.418 e. The summed E-state index contributed by atoms with van der Waals surface area (Å²) < 4.78 is 39.2. The molecule has 19 heavy (non-hydrogen) atoms. The van der Waals surface area contributed by atoms with Gasteiger partial charge in [0.05, 0.1) is 17.4 Å². The van der Waals surface area contributed by atoms with Crippen LogP contribution in [0.1, 0.15) is 15.9 Å². The third-order valence-corrected chi connectivity index (χ3v) is 2.74. The van der Waals surface area contributed by atoms with Crippen LogP contribution in [0.4, 0.5) is 13.2 Å². The molecule has 0 unspecified atom stereocenters. The van der Waals surface area contributed by atoms with Crippen molar-refractivity contribution in [3.8, 4) is 5.69 Å². The van der Waals surface area contributed by atoms with E-state index in [9.17, 15) is 18.0 Å². The number of carbonyl (C=O) groups is 1. The lowest BCUT2D eigenvalue weighted by Crippen LogP contribution is -2.11. The Balaban J connectivity index is 2.64. The van der Waals surface area contributed by atoms with Crippen LogP contribution in [0.2, 0.25) is 5.15 Å². The van der Waals surface area contributed by atoms with Gasteiger partial charge in [-0.2, -0.15) is 18.3 Å². The van der Waals surface area contributed by atoms with Crippen LogP contribution in [0.3, 0.4) is 0 Å². The summed E-state index contributed by atoms with van der Waals surface area (Å²) in [5, 5.41) is 12.0. The van der Waals surface area contributed by atoms with Crippen molar-refractivity contribution < 1.29 is 23.1 Å². The zero-order valence-electron chi connectivity index (χ0n) is 9.15. The Morgan fingerprint density at radius 2 is 1.95 bits per heavy atom. The minimum absolute atomic E-state index is 0.326. The molecule has 2 aromatic rings. The quantitative estimate of drug-likeness (QED) is 0.924. The second-order valence-corrected chi connectivity index (χ2v) is 3.94. The van der Waals surface area contributed by atoms with Gasteiger partial charge < -0.3 is 5.11 Å². The van der Waals surface area contributed by atoms with Crippen molar-refractivity contribution in [1.82, 2.24) is 9.78 Å². The number of alkyl halides is 3. The van der Waals surface area contributed by atoms with E-state index in [1.165, 1.54) is 12.1 Å². The highest BCUT2D eigenvalue weighted by Crippen LogP contribution is 2.34. The number of para-hydroxylation sites is 1. The average molecular weight is 291 g/mol. The highest BCUT2D eigenvalue weighted by Gasteiger charge is 2.34. The molecule has 1 N–H and O–H groups in total. The molecule has 0 aliphatic heterocycles. The highest BCUT2D eigenvalue weighted by atomic mass is 35.5. The second kappa shape index (κ2) is 4.58. The summed E-state index contributed by atoms with van der Waals surface area (Å²) in [4.78, 5) is 10.8. The number of hydrogen-bond acceptors (Lipinski definition) is 2. The lowest BCUT2D eigenvalue weighted by molar-refractivity contribution is -0.137. The molecule has 0 spiro atoms. The van der Waals surface area contributed by atoms with Gasteiger partial charge in [0.25, 0.3) is 0 Å². The third kappa shape index (κ3) is 2.41. The van der Waals surface area contributed by atoms with Crippen LogP contribution in [0.5, 0.6) is 0 Å². The molecule has 4 nitrogen and oxygen atoms in total. The average Bonchev–Trinajstić information content (AvgIpc) is 2.70. The van der Waals surface area contributed by atoms with Crippen LogP contribution >= 0.6 is 11.6 Å². The van der Waals surface area contributed by atoms with E-state index >= 15 is 0 Å². The van der Waals surface area contributed by atoms with Crippen LogP contribution < -0.4 is 0 Å². The Morgan fingerprint density at radius 1 is 1.32 bits per heavy atom. The predicted octanol–water partition coefficient (Wildman–Crippen LogP) is 3.24. The number of aromatic carboxylic acids is 1. The molecule has 0 saturated heterocycles. The van der Waals surface area contributed by atoms with Crippen molar-refractivity contribution in [2.24, 2.45) is 0 Å². The van der Waals surface area contributed by atoms with E-state index in [-0.39, 0.29) is 16.4 Å². The summed E-state index contributed by atoms with van der Waals surface area (Å²) in [7, 11) is 0. The largest absolute Gasteiger partial charge is 0.478 e. The minimum atomic E-state index is -4.59. The van der Waals surface area contributed by atoms with Gasteiger partial charge in [0.15, 0.2) is 0 Å². The van der Waals surface area contributed by atoms with Crippen molar-refractivity contribution in [2.45, 2.75) is 6.18 Å². The summed E-state index contributed by atoms with van der Waals surface area (Å²) in [5.41, 5.74) is -1.64. The highest BCUT2D eigenvalue weighted by molar-refractivity contribution is 6.32. The molecule has 0 fully saturated rings. The molecule has 8 heteroatoms. The van der Waals surface area contributed by atoms with E-state index in [2.05, 4.69) is 5.10 Å². The van der Waals surface area contributed by atoms with Crippen LogP contribution in [-0.2, 0) is 6.18 Å². The molecule has 0 bridgehead atoms. The summed E-state index contributed by atoms with van der Waals surface area (Å²) >= 11 is 5.73. The maximum atomic E-state index is 12.8. The molecule has 2 rings (SSSR count). The molecule has 0 saturated carbocycles. The zero-order valence-corrected chi connectivity index (χ0v) is 9.90. The van der Waals surface area contributed by atoms with Gasteiger partial charge in [-0.05, 0) is 12.1 Å². The van der Waals surface area contributed by atoms with Gasteiger partial charge in [-0.1, -0.05) is 23.7 Å². The van der Waals surface area contributed by atoms with Crippen molar-refractivity contribution in [3.63, 3.8) is 0 Å². The number of nitrogens with zero attached hydrogens (tertiary/aromatic N) is 2. The van der Waals surface area contributed by atoms with Gasteiger partial charge in [-0.25, -0.2) is 9.48 Å². The van der Waals surface area contributed by atoms with Crippen LogP contribution in [0.15, 0.2) is 30.5 Å². The summed E-state index contributed by atoms with van der Waals surface area (Å²) in [5.74, 6) is -1.36. The molecule has 1 heterocycles. The number of hydrogen-bond donors (Lipinski definition) is 1. The fraction of sp³-hybridized carbons (Fsp3) is 0.0909. The lowest BCUT2D eigenvalue weighted by Gasteiger charge is -2.12. The summed E-state index contributed by atoms with van der Waals surface area (Å²) in [6.07, 6.45) is -3.69. The first-order chi connectivity index (χ1) is 8.82. The van der Waals surface area contributed by atoms with Gasteiger partial charge in [-0.3, -0.25) is 0 Å². The van der Waals surface area contributed by atoms with Crippen molar-refractivity contribution in [3.05, 3.63) is 46.7 Å². The Labute approximate surface area is 110 Å². The third-order valence-electron chi connectivity index (χ3n) is 2.38. The zero-order chi connectivity index (χ0) is 14.2. The summed E-state index contributed by atoms with van der Waals surface area (Å²) in [6, 6.07) is 4.63. The first-order valence-electron chi connectivity index (χ1n) is 4.96. The predicted molar refractivity (Wildman–Crippen MR) is 60.5 cm³/mol. The van der Waals surface area contributed by atoms with E-state index < -0.39 is 17.7 Å². The molecular formula is C11H6ClF3N2O2. The molecule has 100 valence electrons. The van der Waals surface area contributed by atoms with Crippen molar-refractivity contribution in [2.75, 3.05) is 0 Å². The Kier molecular flexibility index (Phi) is 3.23. The van der Waals surface area contributed by atoms with Gasteiger partial charge in [-0.15, -0.1) is 0 Å². The van der Waals surface area contributed by atoms with Crippen LogP contribution in [0, 0.1) is 0 Å². The number of halogens is 4. The number of carboxylic acid groups (broad SMARTS) is 1. The minimum Gasteiger partial charge on any atom is -0.478 e. The Hall–Kier alpha value is -2.02. The lowest BCUT2D eigenvalue weighted by atomic mass is 10.1. The Morgan fingerprint density at radius 3 is 2.47 bits per heavy atom. The van der Waals surface area contributed by atoms with E-state index in [1.807, 2.05) is 0 Å². The molecule has 1 aromatic carbocycles. The topological polar surface area (TPSA) is 55.1 Å². The fourth-order valence-corrected chi connectivity index (χ4v) is 1.81. The SMILES string of the molecule is O=C(O)c1cnn(-c2ccccc2C(F)(F)F)c1Cl. The van der Waals surface area contributed by atoms with Gasteiger partial charge in [0.1, 0.15) is 10.7 Å². The molecular weight excluding hydrogens is 285 g/mol. The normalized spacial score (nSPS) is 11.6. The van der Waals surface area contributed by atoms with Crippen molar-refractivity contribution >= 4 is 17.6 Å². The molecule has 0 aliphatic carbocycles. The first kappa shape index (κ1) is 13.4. The molecule has 0 amide bonds. The number of aromatic nitrogens is 2. The van der Waals surface area contributed by atoms with Crippen LogP contribution in [0.25, 0.3) is 5.69 Å². The Bertz CT molecular complexity index is 637.